The topological polar surface area (TPSA) is 86.8 Å². The van der Waals surface area contributed by atoms with Crippen molar-refractivity contribution in [1.29, 1.82) is 0 Å². The van der Waals surface area contributed by atoms with Crippen molar-refractivity contribution in [2.75, 3.05) is 19.6 Å². The molecule has 2 aliphatic rings. The van der Waals surface area contributed by atoms with E-state index in [1.807, 2.05) is 41.4 Å². The molecule has 7 heteroatoms. The Kier molecular flexibility index (Phi) is 3.49. The van der Waals surface area contributed by atoms with Gasteiger partial charge in [0.05, 0.1) is 5.52 Å². The predicted molar refractivity (Wildman–Crippen MR) is 110 cm³/mol. The first-order valence-corrected chi connectivity index (χ1v) is 9.94. The van der Waals surface area contributed by atoms with Crippen molar-refractivity contribution in [2.45, 2.75) is 18.4 Å². The molecular formula is C22H20N6O. The van der Waals surface area contributed by atoms with Gasteiger partial charge in [-0.25, -0.2) is 15.0 Å². The molecule has 2 N–H and O–H groups in total. The Morgan fingerprint density at radius 3 is 2.93 bits per heavy atom. The molecule has 2 fully saturated rings. The van der Waals surface area contributed by atoms with E-state index in [-0.39, 0.29) is 11.4 Å². The average Bonchev–Trinajstić information content (AvgIpc) is 3.36. The van der Waals surface area contributed by atoms with Crippen LogP contribution in [0, 0.1) is 0 Å². The van der Waals surface area contributed by atoms with Crippen LogP contribution in [-0.2, 0) is 0 Å². The van der Waals surface area contributed by atoms with E-state index in [4.69, 9.17) is 0 Å². The number of hydrogen-bond donors (Lipinski definition) is 2. The second kappa shape index (κ2) is 6.09. The minimum absolute atomic E-state index is 0.0112. The third-order valence-electron chi connectivity index (χ3n) is 6.12. The molecule has 4 heterocycles. The zero-order valence-electron chi connectivity index (χ0n) is 15.9. The van der Waals surface area contributed by atoms with Crippen molar-refractivity contribution in [2.24, 2.45) is 0 Å². The van der Waals surface area contributed by atoms with Crippen molar-refractivity contribution < 1.29 is 4.79 Å². The number of nitrogens with one attached hydrogen (secondary N) is 2. The van der Waals surface area contributed by atoms with Gasteiger partial charge >= 0.3 is 0 Å². The smallest absolute Gasteiger partial charge is 0.273 e. The summed E-state index contributed by atoms with van der Waals surface area (Å²) in [7, 11) is 0. The third-order valence-corrected chi connectivity index (χ3v) is 6.12. The summed E-state index contributed by atoms with van der Waals surface area (Å²) in [5, 5.41) is 5.39. The molecule has 7 nitrogen and oxygen atoms in total. The largest absolute Gasteiger partial charge is 0.346 e. The standard InChI is InChI=1S/C22H20N6O/c29-21(28-9-8-27-22(12-28)5-6-22)19-16-10-14(3-4-18(16)25-13-26-19)17-11-24-20-15(17)2-1-7-23-20/h1-4,7,10-11,13,27H,5-6,8-9,12H2,(H,23,24). The summed E-state index contributed by atoms with van der Waals surface area (Å²) in [6.45, 7) is 2.30. The summed E-state index contributed by atoms with van der Waals surface area (Å²) >= 11 is 0. The van der Waals surface area contributed by atoms with Crippen LogP contribution < -0.4 is 5.32 Å². The van der Waals surface area contributed by atoms with Crippen molar-refractivity contribution in [3.8, 4) is 11.1 Å². The van der Waals surface area contributed by atoms with Crippen LogP contribution in [0.5, 0.6) is 0 Å². The van der Waals surface area contributed by atoms with Crippen LogP contribution in [0.4, 0.5) is 0 Å². The lowest BCUT2D eigenvalue weighted by molar-refractivity contribution is 0.0687. The van der Waals surface area contributed by atoms with E-state index in [0.29, 0.717) is 12.2 Å². The summed E-state index contributed by atoms with van der Waals surface area (Å²) in [6.07, 6.45) is 7.49. The molecule has 29 heavy (non-hydrogen) atoms. The van der Waals surface area contributed by atoms with E-state index in [9.17, 15) is 4.79 Å². The van der Waals surface area contributed by atoms with E-state index in [1.165, 1.54) is 6.33 Å². The first-order chi connectivity index (χ1) is 14.2. The number of H-pyrrole nitrogens is 1. The zero-order chi connectivity index (χ0) is 19.4. The van der Waals surface area contributed by atoms with Gasteiger partial charge in [-0.3, -0.25) is 4.79 Å². The third kappa shape index (κ3) is 2.69. The summed E-state index contributed by atoms with van der Waals surface area (Å²) in [6, 6.07) is 9.98. The van der Waals surface area contributed by atoms with Crippen LogP contribution in [0.1, 0.15) is 23.3 Å². The van der Waals surface area contributed by atoms with Crippen LogP contribution in [0.15, 0.2) is 49.1 Å². The molecule has 0 unspecified atom stereocenters. The highest BCUT2D eigenvalue weighted by atomic mass is 16.2. The second-order valence-corrected chi connectivity index (χ2v) is 7.99. The lowest BCUT2D eigenvalue weighted by Gasteiger charge is -2.34. The van der Waals surface area contributed by atoms with Crippen molar-refractivity contribution in [3.63, 3.8) is 0 Å². The second-order valence-electron chi connectivity index (χ2n) is 7.99. The summed E-state index contributed by atoms with van der Waals surface area (Å²) in [4.78, 5) is 31.6. The van der Waals surface area contributed by atoms with Gasteiger partial charge < -0.3 is 15.2 Å². The molecule has 1 saturated carbocycles. The molecule has 1 aliphatic heterocycles. The molecule has 4 aromatic rings. The van der Waals surface area contributed by atoms with Gasteiger partial charge in [0.15, 0.2) is 0 Å². The Labute approximate surface area is 167 Å². The fourth-order valence-corrected chi connectivity index (χ4v) is 4.35. The van der Waals surface area contributed by atoms with Gasteiger partial charge in [0.1, 0.15) is 17.7 Å². The number of aromatic nitrogens is 4. The van der Waals surface area contributed by atoms with Gasteiger partial charge in [-0.2, -0.15) is 0 Å². The van der Waals surface area contributed by atoms with E-state index in [0.717, 1.165) is 59.0 Å². The lowest BCUT2D eigenvalue weighted by atomic mass is 10.0. The maximum Gasteiger partial charge on any atom is 0.273 e. The van der Waals surface area contributed by atoms with Crippen molar-refractivity contribution in [1.82, 2.24) is 30.2 Å². The molecule has 1 spiro atoms. The molecule has 1 aromatic carbocycles. The molecule has 1 saturated heterocycles. The fourth-order valence-electron chi connectivity index (χ4n) is 4.35. The molecular weight excluding hydrogens is 364 g/mol. The molecule has 1 aliphatic carbocycles. The highest BCUT2D eigenvalue weighted by Gasteiger charge is 2.46. The Bertz CT molecular complexity index is 1260. The lowest BCUT2D eigenvalue weighted by Crippen LogP contribution is -2.54. The summed E-state index contributed by atoms with van der Waals surface area (Å²) in [5.41, 5.74) is 4.31. The summed E-state index contributed by atoms with van der Waals surface area (Å²) < 4.78 is 0. The number of piperazine rings is 1. The maximum absolute atomic E-state index is 13.3. The van der Waals surface area contributed by atoms with Crippen molar-refractivity contribution in [3.05, 3.63) is 54.7 Å². The number of carbonyl (C=O) groups is 1. The number of pyridine rings is 1. The molecule has 6 rings (SSSR count). The first kappa shape index (κ1) is 16.6. The Hall–Kier alpha value is -3.32. The van der Waals surface area contributed by atoms with Gasteiger partial charge in [0.25, 0.3) is 5.91 Å². The van der Waals surface area contributed by atoms with Crippen molar-refractivity contribution >= 4 is 27.8 Å². The van der Waals surface area contributed by atoms with Gasteiger partial charge in [-0.1, -0.05) is 6.07 Å². The number of aromatic amines is 1. The van der Waals surface area contributed by atoms with E-state index in [1.54, 1.807) is 6.20 Å². The average molecular weight is 384 g/mol. The van der Waals surface area contributed by atoms with Gasteiger partial charge in [0, 0.05) is 53.9 Å². The molecule has 1 amide bonds. The van der Waals surface area contributed by atoms with Crippen LogP contribution in [-0.4, -0.2) is 55.9 Å². The molecule has 144 valence electrons. The quantitative estimate of drug-likeness (QED) is 0.555. The Balaban J connectivity index is 1.44. The Morgan fingerprint density at radius 2 is 2.03 bits per heavy atom. The highest BCUT2D eigenvalue weighted by molar-refractivity contribution is 6.06. The fraction of sp³-hybridized carbons (Fsp3) is 0.273. The van der Waals surface area contributed by atoms with Crippen LogP contribution >= 0.6 is 0 Å². The molecule has 0 bridgehead atoms. The number of amides is 1. The van der Waals surface area contributed by atoms with Gasteiger partial charge in [-0.15, -0.1) is 0 Å². The number of fused-ring (bicyclic) bond motifs is 2. The monoisotopic (exact) mass is 384 g/mol. The normalized spacial score (nSPS) is 17.9. The molecule has 0 atom stereocenters. The number of rotatable bonds is 2. The maximum atomic E-state index is 13.3. The summed E-state index contributed by atoms with van der Waals surface area (Å²) in [5.74, 6) is -0.0112. The van der Waals surface area contributed by atoms with Crippen LogP contribution in [0.2, 0.25) is 0 Å². The number of hydrogen-bond acceptors (Lipinski definition) is 5. The zero-order valence-corrected chi connectivity index (χ0v) is 15.9. The minimum atomic E-state index is -0.0112. The number of benzene rings is 1. The molecule has 3 aromatic heterocycles. The number of nitrogens with zero attached hydrogens (tertiary/aromatic N) is 4. The van der Waals surface area contributed by atoms with Gasteiger partial charge in [-0.05, 0) is 42.7 Å². The van der Waals surface area contributed by atoms with E-state index in [2.05, 4.69) is 25.3 Å². The number of carbonyl (C=O) groups excluding carboxylic acids is 1. The Morgan fingerprint density at radius 1 is 1.10 bits per heavy atom. The van der Waals surface area contributed by atoms with Crippen LogP contribution in [0.25, 0.3) is 33.1 Å². The van der Waals surface area contributed by atoms with E-state index >= 15 is 0 Å². The molecule has 0 radical (unpaired) electrons. The van der Waals surface area contributed by atoms with Gasteiger partial charge in [0.2, 0.25) is 0 Å². The first-order valence-electron chi connectivity index (χ1n) is 9.94. The van der Waals surface area contributed by atoms with E-state index < -0.39 is 0 Å². The minimum Gasteiger partial charge on any atom is -0.346 e. The predicted octanol–water partition coefficient (Wildman–Crippen LogP) is 2.75. The van der Waals surface area contributed by atoms with Crippen LogP contribution in [0.3, 0.4) is 0 Å². The SMILES string of the molecule is O=C(c1ncnc2ccc(-c3c[nH]c4ncccc34)cc12)N1CCNC2(CC2)C1. The highest BCUT2D eigenvalue weighted by Crippen LogP contribution is 2.38.